The van der Waals surface area contributed by atoms with Crippen LogP contribution in [-0.4, -0.2) is 17.1 Å². The standard InChI is InChI=1S/C9H9BrFNO2.ClH/c10-6-2-1-5(7(11)4-6)3-8(12)9(13)14;/h1-2,4,8H,3,12H2,(H,13,14);1H/t8-;/m0./s1. The van der Waals surface area contributed by atoms with E-state index in [0.717, 1.165) is 0 Å². The van der Waals surface area contributed by atoms with Crippen molar-refractivity contribution in [3.63, 3.8) is 0 Å². The van der Waals surface area contributed by atoms with E-state index >= 15 is 0 Å². The number of hydrogen-bond donors (Lipinski definition) is 2. The van der Waals surface area contributed by atoms with Crippen LogP contribution in [0.1, 0.15) is 5.56 Å². The minimum absolute atomic E-state index is 0. The first kappa shape index (κ1) is 14.3. The van der Waals surface area contributed by atoms with Gasteiger partial charge in [-0.1, -0.05) is 22.0 Å². The maximum absolute atomic E-state index is 13.2. The molecule has 0 aliphatic rings. The van der Waals surface area contributed by atoms with Crippen LogP contribution in [-0.2, 0) is 11.2 Å². The molecule has 0 heterocycles. The molecule has 84 valence electrons. The Hall–Kier alpha value is -0.650. The topological polar surface area (TPSA) is 63.3 Å². The number of aliphatic carboxylic acids is 1. The highest BCUT2D eigenvalue weighted by molar-refractivity contribution is 9.10. The van der Waals surface area contributed by atoms with Crippen molar-refractivity contribution >= 4 is 34.3 Å². The zero-order valence-electron chi connectivity index (χ0n) is 7.61. The van der Waals surface area contributed by atoms with Crippen LogP contribution in [0.3, 0.4) is 0 Å². The van der Waals surface area contributed by atoms with Crippen LogP contribution in [0.25, 0.3) is 0 Å². The second-order valence-electron chi connectivity index (χ2n) is 2.88. The van der Waals surface area contributed by atoms with E-state index in [9.17, 15) is 9.18 Å². The molecule has 1 aromatic rings. The minimum Gasteiger partial charge on any atom is -0.480 e. The number of halogens is 3. The number of hydrogen-bond acceptors (Lipinski definition) is 2. The lowest BCUT2D eigenvalue weighted by molar-refractivity contribution is -0.138. The van der Waals surface area contributed by atoms with Gasteiger partial charge in [0.05, 0.1) is 0 Å². The van der Waals surface area contributed by atoms with Gasteiger partial charge in [0.25, 0.3) is 0 Å². The Morgan fingerprint density at radius 3 is 2.67 bits per heavy atom. The van der Waals surface area contributed by atoms with Crippen LogP contribution < -0.4 is 5.73 Å². The number of benzene rings is 1. The van der Waals surface area contributed by atoms with Gasteiger partial charge in [-0.3, -0.25) is 4.79 Å². The van der Waals surface area contributed by atoms with Crippen molar-refractivity contribution in [3.8, 4) is 0 Å². The van der Waals surface area contributed by atoms with Crippen LogP contribution in [0, 0.1) is 5.82 Å². The van der Waals surface area contributed by atoms with Gasteiger partial charge in [-0.25, -0.2) is 4.39 Å². The average molecular weight is 299 g/mol. The highest BCUT2D eigenvalue weighted by Crippen LogP contribution is 2.16. The Kier molecular flexibility index (Phi) is 5.79. The van der Waals surface area contributed by atoms with Crippen LogP contribution in [0.5, 0.6) is 0 Å². The summed E-state index contributed by atoms with van der Waals surface area (Å²) in [6.45, 7) is 0. The summed E-state index contributed by atoms with van der Waals surface area (Å²) in [5.41, 5.74) is 5.59. The zero-order chi connectivity index (χ0) is 10.7. The molecule has 0 fully saturated rings. The molecule has 1 atom stereocenters. The molecule has 0 aliphatic heterocycles. The molecule has 0 amide bonds. The number of carboxylic acids is 1. The Morgan fingerprint density at radius 2 is 2.20 bits per heavy atom. The molecule has 3 nitrogen and oxygen atoms in total. The number of carbonyl (C=O) groups is 1. The molecule has 0 spiro atoms. The van der Waals surface area contributed by atoms with Crippen molar-refractivity contribution in [2.75, 3.05) is 0 Å². The lowest BCUT2D eigenvalue weighted by Gasteiger charge is -2.07. The summed E-state index contributed by atoms with van der Waals surface area (Å²) in [6.07, 6.45) is -0.00551. The van der Waals surface area contributed by atoms with Crippen molar-refractivity contribution in [1.29, 1.82) is 0 Å². The molecule has 0 saturated carbocycles. The van der Waals surface area contributed by atoms with E-state index in [4.69, 9.17) is 10.8 Å². The van der Waals surface area contributed by atoms with Crippen molar-refractivity contribution in [3.05, 3.63) is 34.1 Å². The molecule has 0 aromatic heterocycles. The fourth-order valence-corrected chi connectivity index (χ4v) is 1.34. The smallest absolute Gasteiger partial charge is 0.320 e. The molecule has 0 radical (unpaired) electrons. The predicted octanol–water partition coefficient (Wildman–Crippen LogP) is 1.96. The number of carboxylic acid groups (broad SMARTS) is 1. The maximum Gasteiger partial charge on any atom is 0.320 e. The SMILES string of the molecule is Cl.N[C@@H](Cc1ccc(Br)cc1F)C(=O)O. The van der Waals surface area contributed by atoms with E-state index < -0.39 is 17.8 Å². The van der Waals surface area contributed by atoms with Crippen molar-refractivity contribution < 1.29 is 14.3 Å². The first-order valence-electron chi connectivity index (χ1n) is 3.93. The van der Waals surface area contributed by atoms with Crippen LogP contribution in [0.4, 0.5) is 4.39 Å². The van der Waals surface area contributed by atoms with Gasteiger partial charge in [-0.05, 0) is 17.7 Å². The summed E-state index contributed by atoms with van der Waals surface area (Å²) >= 11 is 3.10. The molecule has 6 heteroatoms. The Morgan fingerprint density at radius 1 is 1.60 bits per heavy atom. The van der Waals surface area contributed by atoms with E-state index in [2.05, 4.69) is 15.9 Å². The van der Waals surface area contributed by atoms with Gasteiger partial charge in [0.1, 0.15) is 11.9 Å². The summed E-state index contributed by atoms with van der Waals surface area (Å²) in [7, 11) is 0. The van der Waals surface area contributed by atoms with Crippen LogP contribution >= 0.6 is 28.3 Å². The molecule has 0 unspecified atom stereocenters. The lowest BCUT2D eigenvalue weighted by atomic mass is 10.1. The predicted molar refractivity (Wildman–Crippen MR) is 60.7 cm³/mol. The molecule has 0 aliphatic carbocycles. The number of nitrogens with two attached hydrogens (primary N) is 1. The molecule has 1 rings (SSSR count). The van der Waals surface area contributed by atoms with E-state index in [1.54, 1.807) is 6.07 Å². The summed E-state index contributed by atoms with van der Waals surface area (Å²) in [4.78, 5) is 10.4. The summed E-state index contributed by atoms with van der Waals surface area (Å²) in [5.74, 6) is -1.58. The zero-order valence-corrected chi connectivity index (χ0v) is 10.0. The first-order chi connectivity index (χ1) is 6.50. The van der Waals surface area contributed by atoms with E-state index in [1.807, 2.05) is 0 Å². The summed E-state index contributed by atoms with van der Waals surface area (Å²) in [6, 6.07) is 3.38. The maximum atomic E-state index is 13.2. The average Bonchev–Trinajstić information content (AvgIpc) is 2.09. The molecule has 3 N–H and O–H groups in total. The second-order valence-corrected chi connectivity index (χ2v) is 3.80. The van der Waals surface area contributed by atoms with Gasteiger partial charge in [-0.2, -0.15) is 0 Å². The van der Waals surface area contributed by atoms with Gasteiger partial charge in [0, 0.05) is 10.9 Å². The van der Waals surface area contributed by atoms with Crippen LogP contribution in [0.2, 0.25) is 0 Å². The van der Waals surface area contributed by atoms with Gasteiger partial charge in [0.2, 0.25) is 0 Å². The van der Waals surface area contributed by atoms with E-state index in [0.29, 0.717) is 10.0 Å². The second kappa shape index (κ2) is 6.05. The molecular formula is C9H10BrClFNO2. The Balaban J connectivity index is 0.00000196. The number of rotatable bonds is 3. The van der Waals surface area contributed by atoms with Crippen LogP contribution in [0.15, 0.2) is 22.7 Å². The molecule has 1 aromatic carbocycles. The first-order valence-corrected chi connectivity index (χ1v) is 4.72. The minimum atomic E-state index is -1.13. The highest BCUT2D eigenvalue weighted by atomic mass is 79.9. The third-order valence-electron chi connectivity index (χ3n) is 1.77. The fraction of sp³-hybridized carbons (Fsp3) is 0.222. The molecule has 15 heavy (non-hydrogen) atoms. The third kappa shape index (κ3) is 4.15. The monoisotopic (exact) mass is 297 g/mol. The third-order valence-corrected chi connectivity index (χ3v) is 2.27. The highest BCUT2D eigenvalue weighted by Gasteiger charge is 2.14. The van der Waals surface area contributed by atoms with Gasteiger partial charge < -0.3 is 10.8 Å². The van der Waals surface area contributed by atoms with E-state index in [1.165, 1.54) is 12.1 Å². The molecular weight excluding hydrogens is 288 g/mol. The van der Waals surface area contributed by atoms with Crippen molar-refractivity contribution in [2.24, 2.45) is 5.73 Å². The fourth-order valence-electron chi connectivity index (χ4n) is 1.01. The van der Waals surface area contributed by atoms with E-state index in [-0.39, 0.29) is 18.8 Å². The quantitative estimate of drug-likeness (QED) is 0.896. The largest absolute Gasteiger partial charge is 0.480 e. The van der Waals surface area contributed by atoms with Gasteiger partial charge in [-0.15, -0.1) is 12.4 Å². The summed E-state index contributed by atoms with van der Waals surface area (Å²) < 4.78 is 13.8. The van der Waals surface area contributed by atoms with Gasteiger partial charge >= 0.3 is 5.97 Å². The normalized spacial score (nSPS) is 11.7. The molecule has 0 bridgehead atoms. The Labute approximate surface area is 101 Å². The Bertz CT molecular complexity index is 362. The van der Waals surface area contributed by atoms with Crippen molar-refractivity contribution in [1.82, 2.24) is 0 Å². The molecule has 0 saturated heterocycles. The van der Waals surface area contributed by atoms with Gasteiger partial charge in [0.15, 0.2) is 0 Å². The van der Waals surface area contributed by atoms with Crippen molar-refractivity contribution in [2.45, 2.75) is 12.5 Å². The lowest BCUT2D eigenvalue weighted by Crippen LogP contribution is -2.32. The summed E-state index contributed by atoms with van der Waals surface area (Å²) in [5, 5.41) is 8.53.